The molecule has 0 bridgehead atoms. The lowest BCUT2D eigenvalue weighted by atomic mass is 10.0. The van der Waals surface area contributed by atoms with Crippen molar-refractivity contribution < 1.29 is 0 Å². The molecule has 2 aromatic carbocycles. The fourth-order valence-corrected chi connectivity index (χ4v) is 3.41. The lowest BCUT2D eigenvalue weighted by Crippen LogP contribution is -2.31. The van der Waals surface area contributed by atoms with Gasteiger partial charge in [0.1, 0.15) is 0 Å². The van der Waals surface area contributed by atoms with E-state index < -0.39 is 0 Å². The molecule has 25 heavy (non-hydrogen) atoms. The molecular formula is C21H25N3S. The van der Waals surface area contributed by atoms with E-state index in [4.69, 9.17) is 12.2 Å². The summed E-state index contributed by atoms with van der Waals surface area (Å²) in [5, 5.41) is 8.73. The highest BCUT2D eigenvalue weighted by Crippen LogP contribution is 2.22. The number of fused-ring (bicyclic) bond motifs is 1. The first-order valence-corrected chi connectivity index (χ1v) is 9.34. The molecule has 4 heteroatoms. The first-order chi connectivity index (χ1) is 12.2. The third kappa shape index (κ3) is 4.02. The molecule has 0 aliphatic rings. The number of aromatic nitrogens is 1. The zero-order chi connectivity index (χ0) is 17.6. The largest absolute Gasteiger partial charge is 0.362 e. The average Bonchev–Trinajstić information content (AvgIpc) is 3.05. The Bertz CT molecular complexity index is 844. The third-order valence-electron chi connectivity index (χ3n) is 4.59. The number of hydrogen-bond donors (Lipinski definition) is 3. The van der Waals surface area contributed by atoms with Gasteiger partial charge in [-0.2, -0.15) is 0 Å². The number of nitrogens with one attached hydrogen (secondary N) is 3. The number of aryl methyl sites for hydroxylation is 2. The Hall–Kier alpha value is -2.33. The Morgan fingerprint density at radius 1 is 0.960 bits per heavy atom. The van der Waals surface area contributed by atoms with Crippen LogP contribution in [-0.4, -0.2) is 16.6 Å². The summed E-state index contributed by atoms with van der Waals surface area (Å²) in [7, 11) is 0. The Labute approximate surface area is 154 Å². The standard InChI is InChI=1S/C21H25N3S/c1-3-15-8-7-9-16(4-2)20(15)24-21(25)22-13-12-17-14-23-19-11-6-5-10-18(17)19/h5-11,14,23H,3-4,12-13H2,1-2H3,(H2,22,24,25). The molecule has 3 rings (SSSR count). The van der Waals surface area contributed by atoms with Crippen LogP contribution in [0.25, 0.3) is 10.9 Å². The summed E-state index contributed by atoms with van der Waals surface area (Å²) in [6.07, 6.45) is 5.01. The molecule has 0 saturated carbocycles. The van der Waals surface area contributed by atoms with Gasteiger partial charge in [-0.1, -0.05) is 50.2 Å². The maximum absolute atomic E-state index is 5.51. The first-order valence-electron chi connectivity index (χ1n) is 8.93. The highest BCUT2D eigenvalue weighted by molar-refractivity contribution is 7.80. The van der Waals surface area contributed by atoms with E-state index in [1.807, 2.05) is 0 Å². The van der Waals surface area contributed by atoms with Crippen LogP contribution in [0.15, 0.2) is 48.7 Å². The van der Waals surface area contributed by atoms with E-state index in [9.17, 15) is 0 Å². The summed E-state index contributed by atoms with van der Waals surface area (Å²) in [5.41, 5.74) is 6.27. The molecule has 3 N–H and O–H groups in total. The molecule has 0 aliphatic carbocycles. The summed E-state index contributed by atoms with van der Waals surface area (Å²) >= 11 is 5.51. The first kappa shape index (κ1) is 17.5. The van der Waals surface area contributed by atoms with E-state index >= 15 is 0 Å². The summed E-state index contributed by atoms with van der Waals surface area (Å²) in [6.45, 7) is 5.16. The number of para-hydroxylation sites is 2. The molecule has 0 amide bonds. The number of aromatic amines is 1. The molecule has 1 aromatic heterocycles. The van der Waals surface area contributed by atoms with E-state index in [0.717, 1.165) is 31.5 Å². The van der Waals surface area contributed by atoms with E-state index in [2.05, 4.69) is 78.1 Å². The van der Waals surface area contributed by atoms with Gasteiger partial charge in [-0.25, -0.2) is 0 Å². The van der Waals surface area contributed by atoms with Crippen LogP contribution in [-0.2, 0) is 19.3 Å². The summed E-state index contributed by atoms with van der Waals surface area (Å²) in [6, 6.07) is 14.8. The van der Waals surface area contributed by atoms with Crippen LogP contribution >= 0.6 is 12.2 Å². The van der Waals surface area contributed by atoms with Gasteiger partial charge in [-0.15, -0.1) is 0 Å². The van der Waals surface area contributed by atoms with Crippen LogP contribution < -0.4 is 10.6 Å². The fourth-order valence-electron chi connectivity index (χ4n) is 3.21. The van der Waals surface area contributed by atoms with Crippen LogP contribution in [0.3, 0.4) is 0 Å². The number of hydrogen-bond acceptors (Lipinski definition) is 1. The molecule has 0 unspecified atom stereocenters. The number of rotatable bonds is 6. The Morgan fingerprint density at radius 3 is 2.40 bits per heavy atom. The second kappa shape index (κ2) is 8.17. The molecule has 0 atom stereocenters. The van der Waals surface area contributed by atoms with Crippen molar-refractivity contribution in [2.75, 3.05) is 11.9 Å². The van der Waals surface area contributed by atoms with Crippen LogP contribution in [0.5, 0.6) is 0 Å². The molecule has 3 nitrogen and oxygen atoms in total. The van der Waals surface area contributed by atoms with Gasteiger partial charge in [-0.05, 0) is 54.2 Å². The minimum atomic E-state index is 0.690. The maximum Gasteiger partial charge on any atom is 0.170 e. The summed E-state index contributed by atoms with van der Waals surface area (Å²) < 4.78 is 0. The van der Waals surface area contributed by atoms with Crippen LogP contribution in [0, 0.1) is 0 Å². The van der Waals surface area contributed by atoms with Crippen molar-refractivity contribution in [2.45, 2.75) is 33.1 Å². The summed E-state index contributed by atoms with van der Waals surface area (Å²) in [4.78, 5) is 3.32. The zero-order valence-electron chi connectivity index (χ0n) is 14.9. The second-order valence-electron chi connectivity index (χ2n) is 6.15. The second-order valence-corrected chi connectivity index (χ2v) is 6.56. The number of H-pyrrole nitrogens is 1. The normalized spacial score (nSPS) is 10.8. The molecule has 0 spiro atoms. The molecule has 0 radical (unpaired) electrons. The predicted molar refractivity (Wildman–Crippen MR) is 111 cm³/mol. The molecule has 0 aliphatic heterocycles. The van der Waals surface area contributed by atoms with Crippen molar-refractivity contribution in [2.24, 2.45) is 0 Å². The lowest BCUT2D eigenvalue weighted by Gasteiger charge is -2.17. The lowest BCUT2D eigenvalue weighted by molar-refractivity contribution is 0.877. The Morgan fingerprint density at radius 2 is 1.68 bits per heavy atom. The average molecular weight is 352 g/mol. The van der Waals surface area contributed by atoms with E-state index in [0.29, 0.717) is 5.11 Å². The van der Waals surface area contributed by atoms with Crippen molar-refractivity contribution in [3.8, 4) is 0 Å². The molecule has 0 saturated heterocycles. The molecule has 130 valence electrons. The molecule has 0 fully saturated rings. The monoisotopic (exact) mass is 351 g/mol. The van der Waals surface area contributed by atoms with Gasteiger partial charge < -0.3 is 15.6 Å². The Kier molecular flexibility index (Phi) is 5.71. The number of benzene rings is 2. The van der Waals surface area contributed by atoms with Gasteiger partial charge in [0.05, 0.1) is 0 Å². The van der Waals surface area contributed by atoms with Gasteiger partial charge in [0.2, 0.25) is 0 Å². The maximum atomic E-state index is 5.51. The van der Waals surface area contributed by atoms with Crippen LogP contribution in [0.2, 0.25) is 0 Å². The quantitative estimate of drug-likeness (QED) is 0.558. The zero-order valence-corrected chi connectivity index (χ0v) is 15.7. The SMILES string of the molecule is CCc1cccc(CC)c1NC(=S)NCCc1c[nH]c2ccccc12. The predicted octanol–water partition coefficient (Wildman–Crippen LogP) is 4.82. The number of anilines is 1. The van der Waals surface area contributed by atoms with Crippen LogP contribution in [0.1, 0.15) is 30.5 Å². The van der Waals surface area contributed by atoms with Gasteiger partial charge in [0.15, 0.2) is 5.11 Å². The minimum Gasteiger partial charge on any atom is -0.362 e. The van der Waals surface area contributed by atoms with Crippen molar-refractivity contribution >= 4 is 33.9 Å². The van der Waals surface area contributed by atoms with Crippen molar-refractivity contribution in [1.29, 1.82) is 0 Å². The van der Waals surface area contributed by atoms with Crippen molar-refractivity contribution in [3.05, 3.63) is 65.4 Å². The van der Waals surface area contributed by atoms with E-state index in [-0.39, 0.29) is 0 Å². The third-order valence-corrected chi connectivity index (χ3v) is 4.84. The van der Waals surface area contributed by atoms with Crippen LogP contribution in [0.4, 0.5) is 5.69 Å². The minimum absolute atomic E-state index is 0.690. The highest BCUT2D eigenvalue weighted by atomic mass is 32.1. The van der Waals surface area contributed by atoms with Crippen molar-refractivity contribution in [1.82, 2.24) is 10.3 Å². The number of thiocarbonyl (C=S) groups is 1. The molecule has 1 heterocycles. The smallest absolute Gasteiger partial charge is 0.170 e. The van der Waals surface area contributed by atoms with Gasteiger partial charge in [0, 0.05) is 29.3 Å². The van der Waals surface area contributed by atoms with Gasteiger partial charge in [-0.3, -0.25) is 0 Å². The topological polar surface area (TPSA) is 39.8 Å². The Balaban J connectivity index is 1.60. The fraction of sp³-hybridized carbons (Fsp3) is 0.286. The van der Waals surface area contributed by atoms with Crippen molar-refractivity contribution in [3.63, 3.8) is 0 Å². The molecule has 3 aromatic rings. The molecular weight excluding hydrogens is 326 g/mol. The van der Waals surface area contributed by atoms with E-state index in [1.54, 1.807) is 0 Å². The highest BCUT2D eigenvalue weighted by Gasteiger charge is 2.08. The summed E-state index contributed by atoms with van der Waals surface area (Å²) in [5.74, 6) is 0. The van der Waals surface area contributed by atoms with E-state index in [1.165, 1.54) is 27.6 Å². The van der Waals surface area contributed by atoms with Gasteiger partial charge >= 0.3 is 0 Å². The van der Waals surface area contributed by atoms with Gasteiger partial charge in [0.25, 0.3) is 0 Å².